The van der Waals surface area contributed by atoms with Crippen molar-refractivity contribution < 1.29 is 61.7 Å². The van der Waals surface area contributed by atoms with Gasteiger partial charge in [0.15, 0.2) is 6.10 Å². The van der Waals surface area contributed by atoms with Gasteiger partial charge in [-0.2, -0.15) is 0 Å². The van der Waals surface area contributed by atoms with Gasteiger partial charge in [0.2, 0.25) is 12.4 Å². The molecule has 13 nitrogen and oxygen atoms in total. The first kappa shape index (κ1) is 34.2. The number of hydrogen-bond donors (Lipinski definition) is 2. The molecule has 1 fully saturated rings. The van der Waals surface area contributed by atoms with Gasteiger partial charge in [-0.3, -0.25) is 4.52 Å². The Morgan fingerprint density at radius 3 is 1.33 bits per heavy atom. The Morgan fingerprint density at radius 1 is 0.542 bits per heavy atom. The second kappa shape index (κ2) is 15.6. The van der Waals surface area contributed by atoms with Gasteiger partial charge in [-0.25, -0.2) is 23.7 Å². The minimum Gasteiger partial charge on any atom is -0.459 e. The predicted molar refractivity (Wildman–Crippen MR) is 165 cm³/mol. The third kappa shape index (κ3) is 9.00. The second-order valence-electron chi connectivity index (χ2n) is 10.3. The third-order valence-electron chi connectivity index (χ3n) is 6.98. The van der Waals surface area contributed by atoms with E-state index in [-0.39, 0.29) is 22.3 Å². The van der Waals surface area contributed by atoms with E-state index in [0.29, 0.717) is 0 Å². The molecule has 0 unspecified atom stereocenters. The fourth-order valence-electron chi connectivity index (χ4n) is 4.75. The highest BCUT2D eigenvalue weighted by molar-refractivity contribution is 7.46. The Labute approximate surface area is 274 Å². The molecular formula is C34H29O13P. The van der Waals surface area contributed by atoms with E-state index in [1.165, 1.54) is 48.5 Å². The fraction of sp³-hybridized carbons (Fsp3) is 0.176. The van der Waals surface area contributed by atoms with Crippen molar-refractivity contribution in [2.75, 3.05) is 6.61 Å². The SMILES string of the molecule is O=C(OC[C@H]1O[C@H](OC(=O)c2ccccc2)[C@@H](OC(=O)c2ccccc2)[C@@H](OC(=O)c2ccccc2)[C@@H]1OP(=O)(O)O)c1ccccc1. The van der Waals surface area contributed by atoms with Crippen LogP contribution in [0.25, 0.3) is 0 Å². The zero-order chi connectivity index (χ0) is 34.1. The lowest BCUT2D eigenvalue weighted by Crippen LogP contribution is -2.62. The molecule has 0 radical (unpaired) electrons. The van der Waals surface area contributed by atoms with Crippen molar-refractivity contribution >= 4 is 31.7 Å². The van der Waals surface area contributed by atoms with Crippen LogP contribution in [-0.2, 0) is 32.8 Å². The minimum atomic E-state index is -5.40. The summed E-state index contributed by atoms with van der Waals surface area (Å²) in [6, 6.07) is 30.7. The molecule has 4 aromatic rings. The van der Waals surface area contributed by atoms with E-state index in [0.717, 1.165) is 0 Å². The summed E-state index contributed by atoms with van der Waals surface area (Å²) >= 11 is 0. The Kier molecular flexibility index (Phi) is 11.1. The molecule has 4 aromatic carbocycles. The molecule has 0 amide bonds. The van der Waals surface area contributed by atoms with Crippen LogP contribution in [0.3, 0.4) is 0 Å². The molecule has 0 saturated carbocycles. The van der Waals surface area contributed by atoms with Crippen molar-refractivity contribution in [3.05, 3.63) is 144 Å². The van der Waals surface area contributed by atoms with Gasteiger partial charge in [-0.05, 0) is 48.5 Å². The average molecular weight is 677 g/mol. The maximum absolute atomic E-state index is 13.4. The molecule has 48 heavy (non-hydrogen) atoms. The molecule has 0 bridgehead atoms. The van der Waals surface area contributed by atoms with E-state index >= 15 is 0 Å². The summed E-state index contributed by atoms with van der Waals surface area (Å²) in [5, 5.41) is 0. The van der Waals surface area contributed by atoms with Gasteiger partial charge < -0.3 is 33.5 Å². The Hall–Kier alpha value is -5.17. The molecule has 1 heterocycles. The topological polar surface area (TPSA) is 181 Å². The molecule has 5 rings (SSSR count). The summed E-state index contributed by atoms with van der Waals surface area (Å²) < 4.78 is 45.7. The summed E-state index contributed by atoms with van der Waals surface area (Å²) in [5.74, 6) is -3.75. The normalized spacial score (nSPS) is 20.6. The van der Waals surface area contributed by atoms with E-state index in [2.05, 4.69) is 0 Å². The van der Waals surface area contributed by atoms with E-state index < -0.39 is 69.0 Å². The summed E-state index contributed by atoms with van der Waals surface area (Å²) in [7, 11) is -5.40. The highest BCUT2D eigenvalue weighted by Gasteiger charge is 2.55. The maximum atomic E-state index is 13.4. The number of carbonyl (C=O) groups excluding carboxylic acids is 4. The molecule has 0 aromatic heterocycles. The van der Waals surface area contributed by atoms with Crippen molar-refractivity contribution in [1.29, 1.82) is 0 Å². The van der Waals surface area contributed by atoms with Crippen LogP contribution in [0.5, 0.6) is 0 Å². The van der Waals surface area contributed by atoms with Gasteiger partial charge in [0.1, 0.15) is 18.8 Å². The lowest BCUT2D eigenvalue weighted by atomic mass is 9.98. The molecule has 1 aliphatic rings. The van der Waals surface area contributed by atoms with E-state index in [9.17, 15) is 33.5 Å². The Bertz CT molecular complexity index is 1750. The highest BCUT2D eigenvalue weighted by atomic mass is 31.2. The lowest BCUT2D eigenvalue weighted by Gasteiger charge is -2.44. The van der Waals surface area contributed by atoms with Gasteiger partial charge >= 0.3 is 31.7 Å². The van der Waals surface area contributed by atoms with E-state index in [4.69, 9.17) is 28.2 Å². The Morgan fingerprint density at radius 2 is 0.917 bits per heavy atom. The first-order valence-corrected chi connectivity index (χ1v) is 16.0. The first-order chi connectivity index (χ1) is 23.1. The zero-order valence-electron chi connectivity index (χ0n) is 25.0. The monoisotopic (exact) mass is 676 g/mol. The molecular weight excluding hydrogens is 647 g/mol. The lowest BCUT2D eigenvalue weighted by molar-refractivity contribution is -0.280. The maximum Gasteiger partial charge on any atom is 0.470 e. The van der Waals surface area contributed by atoms with Crippen LogP contribution < -0.4 is 0 Å². The molecule has 14 heteroatoms. The fourth-order valence-corrected chi connectivity index (χ4v) is 5.32. The molecule has 1 aliphatic heterocycles. The number of rotatable bonds is 11. The summed E-state index contributed by atoms with van der Waals surface area (Å²) in [6.07, 6.45) is -9.17. The number of carbonyl (C=O) groups is 4. The van der Waals surface area contributed by atoms with Crippen LogP contribution in [0.15, 0.2) is 121 Å². The van der Waals surface area contributed by atoms with Crippen molar-refractivity contribution in [2.45, 2.75) is 30.7 Å². The van der Waals surface area contributed by atoms with Gasteiger partial charge in [0, 0.05) is 0 Å². The van der Waals surface area contributed by atoms with Gasteiger partial charge in [-0.15, -0.1) is 0 Å². The number of phosphoric acid groups is 1. The van der Waals surface area contributed by atoms with Gasteiger partial charge in [-0.1, -0.05) is 72.8 Å². The van der Waals surface area contributed by atoms with Crippen molar-refractivity contribution in [2.24, 2.45) is 0 Å². The van der Waals surface area contributed by atoms with Crippen molar-refractivity contribution in [1.82, 2.24) is 0 Å². The third-order valence-corrected chi connectivity index (χ3v) is 7.49. The summed E-state index contributed by atoms with van der Waals surface area (Å²) in [5.41, 5.74) is 0.296. The van der Waals surface area contributed by atoms with Crippen LogP contribution in [0.4, 0.5) is 0 Å². The minimum absolute atomic E-state index is 0.0249. The molecule has 5 atom stereocenters. The van der Waals surface area contributed by atoms with Crippen LogP contribution in [-0.4, -0.2) is 71.0 Å². The molecule has 248 valence electrons. The smallest absolute Gasteiger partial charge is 0.459 e. The van der Waals surface area contributed by atoms with Crippen LogP contribution in [0.2, 0.25) is 0 Å². The number of hydrogen-bond acceptors (Lipinski definition) is 11. The zero-order valence-corrected chi connectivity index (χ0v) is 25.9. The van der Waals surface area contributed by atoms with Crippen LogP contribution in [0, 0.1) is 0 Å². The van der Waals surface area contributed by atoms with Gasteiger partial charge in [0.05, 0.1) is 22.3 Å². The quantitative estimate of drug-likeness (QED) is 0.130. The van der Waals surface area contributed by atoms with E-state index in [1.807, 2.05) is 0 Å². The first-order valence-electron chi connectivity index (χ1n) is 14.5. The van der Waals surface area contributed by atoms with Crippen molar-refractivity contribution in [3.8, 4) is 0 Å². The average Bonchev–Trinajstić information content (AvgIpc) is 3.10. The van der Waals surface area contributed by atoms with Crippen molar-refractivity contribution in [3.63, 3.8) is 0 Å². The number of phosphoric ester groups is 1. The summed E-state index contributed by atoms with van der Waals surface area (Å²) in [4.78, 5) is 72.6. The van der Waals surface area contributed by atoms with E-state index in [1.54, 1.807) is 72.8 Å². The largest absolute Gasteiger partial charge is 0.470 e. The Balaban J connectivity index is 1.55. The number of ether oxygens (including phenoxy) is 5. The second-order valence-corrected chi connectivity index (χ2v) is 11.5. The standard InChI is InChI=1S/C34H29O13P/c35-30(22-13-5-1-6-14-22)42-21-26-27(47-48(39,40)41)28(44-31(36)23-15-7-2-8-16-23)29(45-32(37)24-17-9-3-10-18-24)34(43-26)46-33(38)25-19-11-4-12-20-25/h1-20,26-29,34H,21H2,(H2,39,40,41)/t26-,27-,28+,29+,34-/m1/s1. The molecule has 2 N–H and O–H groups in total. The number of benzene rings is 4. The number of esters is 4. The highest BCUT2D eigenvalue weighted by Crippen LogP contribution is 2.43. The molecule has 1 saturated heterocycles. The summed E-state index contributed by atoms with van der Waals surface area (Å²) in [6.45, 7) is -0.726. The van der Waals surface area contributed by atoms with Crippen LogP contribution >= 0.6 is 7.82 Å². The molecule has 0 spiro atoms. The van der Waals surface area contributed by atoms with Gasteiger partial charge in [0.25, 0.3) is 0 Å². The predicted octanol–water partition coefficient (Wildman–Crippen LogP) is 4.35. The molecule has 0 aliphatic carbocycles. The van der Waals surface area contributed by atoms with Crippen LogP contribution in [0.1, 0.15) is 41.4 Å².